The minimum atomic E-state index is -0.647. The molecule has 0 aliphatic carbocycles. The lowest BCUT2D eigenvalue weighted by atomic mass is 10.1. The number of carbonyl (C=O) groups excluding carboxylic acids is 2. The number of carbonyl (C=O) groups is 2. The van der Waals surface area contributed by atoms with Gasteiger partial charge in [0.25, 0.3) is 5.56 Å². The van der Waals surface area contributed by atoms with Crippen LogP contribution in [0.3, 0.4) is 0 Å². The van der Waals surface area contributed by atoms with E-state index < -0.39 is 5.97 Å². The van der Waals surface area contributed by atoms with E-state index in [1.165, 1.54) is 11.6 Å². The summed E-state index contributed by atoms with van der Waals surface area (Å²) >= 11 is 0. The molecule has 0 unspecified atom stereocenters. The van der Waals surface area contributed by atoms with Crippen molar-refractivity contribution < 1.29 is 19.1 Å². The molecule has 0 spiro atoms. The second-order valence-corrected chi connectivity index (χ2v) is 6.81. The average molecular weight is 408 g/mol. The molecule has 0 bridgehead atoms. The number of esters is 1. The van der Waals surface area contributed by atoms with Crippen molar-refractivity contribution >= 4 is 22.5 Å². The normalized spacial score (nSPS) is 10.8. The van der Waals surface area contributed by atoms with Crippen LogP contribution in [0.5, 0.6) is 5.75 Å². The third kappa shape index (κ3) is 4.40. The molecule has 3 aromatic rings. The topological polar surface area (TPSA) is 87.5 Å². The number of fused-ring (bicyclic) bond motifs is 1. The molecule has 0 radical (unpaired) electrons. The summed E-state index contributed by atoms with van der Waals surface area (Å²) in [5.41, 5.74) is 0.935. The zero-order chi connectivity index (χ0) is 21.7. The van der Waals surface area contributed by atoms with E-state index in [1.54, 1.807) is 42.5 Å². The van der Waals surface area contributed by atoms with Crippen LogP contribution in [0.25, 0.3) is 10.8 Å². The number of ether oxygens (including phenoxy) is 2. The molecule has 0 N–H and O–H groups in total. The van der Waals surface area contributed by atoms with Gasteiger partial charge < -0.3 is 9.47 Å². The number of hydrogen-bond donors (Lipinski definition) is 0. The number of rotatable bonds is 8. The highest BCUT2D eigenvalue weighted by molar-refractivity contribution is 6.02. The van der Waals surface area contributed by atoms with Crippen LogP contribution in [-0.2, 0) is 17.9 Å². The lowest BCUT2D eigenvalue weighted by Gasteiger charge is -2.13. The molecule has 0 aliphatic rings. The Labute approximate surface area is 174 Å². The standard InChI is InChI=1S/C23H24N2O5/c1-4-12-25-22(27)19-9-7-6-8-18(19)21(24-25)23(28)30-14-17-13-16(15(3)26)10-11-20(17)29-5-2/h6-11,13H,4-5,12,14H2,1-3H3. The van der Waals surface area contributed by atoms with Crippen LogP contribution in [0.15, 0.2) is 47.3 Å². The van der Waals surface area contributed by atoms with Crippen LogP contribution in [-0.4, -0.2) is 28.1 Å². The van der Waals surface area contributed by atoms with Crippen molar-refractivity contribution in [3.63, 3.8) is 0 Å². The fourth-order valence-corrected chi connectivity index (χ4v) is 3.17. The third-order valence-electron chi connectivity index (χ3n) is 4.62. The molecule has 0 aliphatic heterocycles. The fourth-order valence-electron chi connectivity index (χ4n) is 3.17. The average Bonchev–Trinajstić information content (AvgIpc) is 2.75. The molecule has 7 nitrogen and oxygen atoms in total. The van der Waals surface area contributed by atoms with Crippen LogP contribution in [0.2, 0.25) is 0 Å². The molecule has 3 rings (SSSR count). The minimum absolute atomic E-state index is 0.0827. The van der Waals surface area contributed by atoms with Gasteiger partial charge in [-0.15, -0.1) is 0 Å². The van der Waals surface area contributed by atoms with Gasteiger partial charge in [-0.05, 0) is 44.5 Å². The second-order valence-electron chi connectivity index (χ2n) is 6.81. The van der Waals surface area contributed by atoms with Gasteiger partial charge >= 0.3 is 5.97 Å². The van der Waals surface area contributed by atoms with Crippen LogP contribution in [0.4, 0.5) is 0 Å². The predicted molar refractivity (Wildman–Crippen MR) is 113 cm³/mol. The van der Waals surface area contributed by atoms with E-state index in [4.69, 9.17) is 9.47 Å². The van der Waals surface area contributed by atoms with Gasteiger partial charge in [0.15, 0.2) is 11.5 Å². The van der Waals surface area contributed by atoms with Crippen molar-refractivity contribution in [2.24, 2.45) is 0 Å². The van der Waals surface area contributed by atoms with Crippen LogP contribution in [0, 0.1) is 0 Å². The quantitative estimate of drug-likeness (QED) is 0.417. The predicted octanol–water partition coefficient (Wildman–Crippen LogP) is 3.76. The molecule has 0 saturated heterocycles. The molecule has 2 aromatic carbocycles. The summed E-state index contributed by atoms with van der Waals surface area (Å²) in [6, 6.07) is 11.9. The molecule has 156 valence electrons. The summed E-state index contributed by atoms with van der Waals surface area (Å²) in [4.78, 5) is 37.2. The summed E-state index contributed by atoms with van der Waals surface area (Å²) in [7, 11) is 0. The number of hydrogen-bond acceptors (Lipinski definition) is 6. The first-order chi connectivity index (χ1) is 14.5. The monoisotopic (exact) mass is 408 g/mol. The first-order valence-electron chi connectivity index (χ1n) is 9.89. The summed E-state index contributed by atoms with van der Waals surface area (Å²) in [5, 5.41) is 5.12. The zero-order valence-electron chi connectivity index (χ0n) is 17.3. The summed E-state index contributed by atoms with van der Waals surface area (Å²) in [6.45, 7) is 6.00. The van der Waals surface area contributed by atoms with Gasteiger partial charge in [-0.3, -0.25) is 9.59 Å². The Hall–Kier alpha value is -3.48. The third-order valence-corrected chi connectivity index (χ3v) is 4.62. The van der Waals surface area contributed by atoms with E-state index in [0.29, 0.717) is 47.2 Å². The molecule has 0 atom stereocenters. The second kappa shape index (κ2) is 9.35. The first-order valence-corrected chi connectivity index (χ1v) is 9.89. The molecular formula is C23H24N2O5. The molecular weight excluding hydrogens is 384 g/mol. The summed E-state index contributed by atoms with van der Waals surface area (Å²) < 4.78 is 12.4. The Balaban J connectivity index is 1.95. The van der Waals surface area contributed by atoms with Crippen molar-refractivity contribution in [2.45, 2.75) is 40.3 Å². The van der Waals surface area contributed by atoms with Crippen molar-refractivity contribution in [3.05, 3.63) is 69.6 Å². The number of aryl methyl sites for hydroxylation is 1. The van der Waals surface area contributed by atoms with Gasteiger partial charge in [0.05, 0.1) is 12.0 Å². The maximum Gasteiger partial charge on any atom is 0.359 e. The number of ketones is 1. The maximum atomic E-state index is 12.9. The van der Waals surface area contributed by atoms with E-state index in [9.17, 15) is 14.4 Å². The van der Waals surface area contributed by atoms with Gasteiger partial charge in [-0.25, -0.2) is 9.48 Å². The first kappa shape index (κ1) is 21.2. The number of aromatic nitrogens is 2. The smallest absolute Gasteiger partial charge is 0.359 e. The van der Waals surface area contributed by atoms with E-state index in [-0.39, 0.29) is 23.6 Å². The summed E-state index contributed by atoms with van der Waals surface area (Å²) in [6.07, 6.45) is 0.704. The molecule has 1 aromatic heterocycles. The zero-order valence-corrected chi connectivity index (χ0v) is 17.3. The number of Topliss-reactive ketones (excluding diaryl/α,β-unsaturated/α-hetero) is 1. The highest BCUT2D eigenvalue weighted by Crippen LogP contribution is 2.23. The Morgan fingerprint density at radius 1 is 1.07 bits per heavy atom. The number of nitrogens with zero attached hydrogens (tertiary/aromatic N) is 2. The Bertz CT molecular complexity index is 1150. The largest absolute Gasteiger partial charge is 0.493 e. The molecule has 0 saturated carbocycles. The lowest BCUT2D eigenvalue weighted by molar-refractivity contribution is 0.0462. The Kier molecular flexibility index (Phi) is 6.61. The lowest BCUT2D eigenvalue weighted by Crippen LogP contribution is -2.26. The maximum absolute atomic E-state index is 12.9. The molecule has 30 heavy (non-hydrogen) atoms. The molecule has 1 heterocycles. The molecule has 0 amide bonds. The van der Waals surface area contributed by atoms with Gasteiger partial charge in [0, 0.05) is 23.1 Å². The Morgan fingerprint density at radius 3 is 2.47 bits per heavy atom. The van der Waals surface area contributed by atoms with Crippen LogP contribution in [0.1, 0.15) is 53.6 Å². The highest BCUT2D eigenvalue weighted by Gasteiger charge is 2.19. The van der Waals surface area contributed by atoms with Crippen molar-refractivity contribution in [2.75, 3.05) is 6.61 Å². The van der Waals surface area contributed by atoms with Gasteiger partial charge in [-0.2, -0.15) is 5.10 Å². The van der Waals surface area contributed by atoms with E-state index >= 15 is 0 Å². The van der Waals surface area contributed by atoms with Crippen molar-refractivity contribution in [1.29, 1.82) is 0 Å². The van der Waals surface area contributed by atoms with Gasteiger partial charge in [-0.1, -0.05) is 25.1 Å². The number of benzene rings is 2. The molecule has 7 heteroatoms. The van der Waals surface area contributed by atoms with Crippen LogP contribution < -0.4 is 10.3 Å². The highest BCUT2D eigenvalue weighted by atomic mass is 16.5. The van der Waals surface area contributed by atoms with E-state index in [1.807, 2.05) is 13.8 Å². The van der Waals surface area contributed by atoms with Gasteiger partial charge in [0.2, 0.25) is 0 Å². The fraction of sp³-hybridized carbons (Fsp3) is 0.304. The SMILES string of the molecule is CCCn1nc(C(=O)OCc2cc(C(C)=O)ccc2OCC)c2ccccc2c1=O. The van der Waals surface area contributed by atoms with Gasteiger partial charge in [0.1, 0.15) is 12.4 Å². The Morgan fingerprint density at radius 2 is 1.80 bits per heavy atom. The van der Waals surface area contributed by atoms with Crippen LogP contribution >= 0.6 is 0 Å². The summed E-state index contributed by atoms with van der Waals surface area (Å²) in [5.74, 6) is -0.194. The van der Waals surface area contributed by atoms with Crippen molar-refractivity contribution in [3.8, 4) is 5.75 Å². The van der Waals surface area contributed by atoms with Crippen molar-refractivity contribution in [1.82, 2.24) is 9.78 Å². The minimum Gasteiger partial charge on any atom is -0.493 e. The van der Waals surface area contributed by atoms with E-state index in [2.05, 4.69) is 5.10 Å². The van der Waals surface area contributed by atoms with E-state index in [0.717, 1.165) is 0 Å². The molecule has 0 fully saturated rings.